The van der Waals surface area contributed by atoms with Gasteiger partial charge in [0.05, 0.1) is 87.8 Å². The minimum atomic E-state index is -0.466. The summed E-state index contributed by atoms with van der Waals surface area (Å²) < 4.78 is 39.8. The van der Waals surface area contributed by atoms with Gasteiger partial charge < -0.3 is 81.7 Å². The molecule has 2 saturated carbocycles. The number of halogens is 7. The highest BCUT2D eigenvalue weighted by Crippen LogP contribution is 2.46. The fraction of sp³-hybridized carbons (Fsp3) is 0.505. The first-order valence-electron chi connectivity index (χ1n) is 48.8. The van der Waals surface area contributed by atoms with Crippen LogP contribution in [0.4, 0.5) is 37.7 Å². The van der Waals surface area contributed by atoms with Gasteiger partial charge in [-0.2, -0.15) is 16.5 Å². The average Bonchev–Trinajstić information content (AvgIpc) is 1.61. The summed E-state index contributed by atoms with van der Waals surface area (Å²) in [5.74, 6) is 2.45. The Balaban J connectivity index is 0.000000145. The van der Waals surface area contributed by atoms with Crippen LogP contribution >= 0.6 is 120 Å². The molecule has 4 saturated heterocycles. The third-order valence-electron chi connectivity index (χ3n) is 26.7. The quantitative estimate of drug-likeness (QED) is 0.0468. The fourth-order valence-corrected chi connectivity index (χ4v) is 22.0. The van der Waals surface area contributed by atoms with E-state index in [1.54, 1.807) is 16.9 Å². The Hall–Kier alpha value is -7.62. The van der Waals surface area contributed by atoms with Gasteiger partial charge in [-0.05, 0) is 310 Å². The van der Waals surface area contributed by atoms with E-state index in [9.17, 15) is 24.4 Å². The van der Waals surface area contributed by atoms with E-state index in [1.165, 1.54) is 120 Å². The molecule has 27 nitrogen and oxygen atoms in total. The summed E-state index contributed by atoms with van der Waals surface area (Å²) in [6, 6.07) is 12.7. The number of hydrogen-bond acceptors (Lipinski definition) is 23. The molecule has 21 rings (SSSR count). The molecule has 6 aromatic rings. The Kier molecular flexibility index (Phi) is 41.1. The molecule has 36 heteroatoms. The monoisotopic (exact) mass is 2350 g/mol. The summed E-state index contributed by atoms with van der Waals surface area (Å²) in [6.45, 7) is 30.5. The predicted molar refractivity (Wildman–Crippen MR) is 591 cm³/mol. The zero-order valence-corrected chi connectivity index (χ0v) is 94.0. The number of ether oxygens (including phenoxy) is 4. The lowest BCUT2D eigenvalue weighted by atomic mass is 9.81. The molecule has 10 N–H and O–H groups in total. The number of pyridine rings is 6. The SMILES string of the molecule is Brc1cnc2c(c1)C=CC2.CC(C)(C)OC(=O)N1CC=C(C2=CCc3nc(N)c(Br)cc32)CC1.CC(C)(C)OC(=O)N1CCC(=O)CC1.CC1(C)OB(C2CCC(CN3CCOCC3)S2)OC1(C)C.COC1CCCC1.Cl.Nc1nc2c(cc1Br)C(C1=CCN(C(=O)NC3CCCC3)CC1)=CC2.Nc1nc2c(cc1Br)C(C1=CCNCC1)=CC2.Nc1nc2c(cc1Br)C=CC2.[O-][n+]1cc(Br)cc2c1CC=C2. The van der Waals surface area contributed by atoms with E-state index < -0.39 is 11.2 Å². The highest BCUT2D eigenvalue weighted by atomic mass is 79.9. The number of nitrogen functional groups attached to an aromatic ring is 4. The lowest BCUT2D eigenvalue weighted by Gasteiger charge is -2.32. The number of anilines is 4. The number of nitrogens with one attached hydrogen (secondary N) is 2. The van der Waals surface area contributed by atoms with Gasteiger partial charge in [-0.3, -0.25) is 14.7 Å². The number of carbonyl (C=O) groups excluding carboxylic acids is 4. The Bertz CT molecular complexity index is 5740. The number of nitrogens with two attached hydrogens (primary N) is 4. The second-order valence-electron chi connectivity index (χ2n) is 39.8. The zero-order valence-electron chi connectivity index (χ0n) is 82.8. The molecule has 0 bridgehead atoms. The van der Waals surface area contributed by atoms with Crippen molar-refractivity contribution in [1.82, 2.24) is 55.2 Å². The molecule has 8 aliphatic carbocycles. The molecule has 2 unspecified atom stereocenters. The van der Waals surface area contributed by atoms with E-state index in [0.717, 1.165) is 193 Å². The van der Waals surface area contributed by atoms with Crippen molar-refractivity contribution in [3.8, 4) is 0 Å². The summed E-state index contributed by atoms with van der Waals surface area (Å²) in [6.07, 6.45) is 50.4. The molecule has 6 fully saturated rings. The number of carbonyl (C=O) groups is 4. The smallest absolute Gasteiger partial charge is 0.471 e. The van der Waals surface area contributed by atoms with Gasteiger partial charge >= 0.3 is 25.3 Å². The molecule has 4 amide bonds. The maximum atomic E-state index is 12.4. The van der Waals surface area contributed by atoms with Crippen LogP contribution < -0.4 is 38.3 Å². The summed E-state index contributed by atoms with van der Waals surface area (Å²) >= 11 is 22.4. The topological polar surface area (TPSA) is 356 Å². The summed E-state index contributed by atoms with van der Waals surface area (Å²) in [7, 11) is 1.75. The summed E-state index contributed by atoms with van der Waals surface area (Å²) in [5.41, 5.74) is 42.8. The average molecular weight is 2360 g/mol. The van der Waals surface area contributed by atoms with Gasteiger partial charge in [0.25, 0.3) is 0 Å². The van der Waals surface area contributed by atoms with E-state index in [1.807, 2.05) is 83.0 Å². The van der Waals surface area contributed by atoms with Crippen molar-refractivity contribution >= 4 is 209 Å². The highest BCUT2D eigenvalue weighted by Gasteiger charge is 2.55. The molecule has 0 spiro atoms. The first kappa shape index (κ1) is 112. The number of piperidine rings is 1. The van der Waals surface area contributed by atoms with Crippen LogP contribution in [0.2, 0.25) is 0 Å². The number of Topliss-reactive ketones (excluding diaryl/α,β-unsaturated/α-hetero) is 1. The van der Waals surface area contributed by atoms with E-state index in [0.29, 0.717) is 91.4 Å². The number of amides is 4. The van der Waals surface area contributed by atoms with Crippen molar-refractivity contribution in [3.05, 3.63) is 220 Å². The Morgan fingerprint density at radius 1 is 0.553 bits per heavy atom. The molecule has 13 heterocycles. The van der Waals surface area contributed by atoms with Crippen LogP contribution in [0.15, 0.2) is 147 Å². The number of thioether (sulfide) groups is 1. The molecule has 760 valence electrons. The number of urea groups is 1. The number of aromatic nitrogens is 6. The van der Waals surface area contributed by atoms with Crippen LogP contribution in [0.5, 0.6) is 0 Å². The number of methoxy groups -OCH3 is 1. The van der Waals surface area contributed by atoms with E-state index in [4.69, 9.17) is 51.2 Å². The van der Waals surface area contributed by atoms with Crippen molar-refractivity contribution in [2.24, 2.45) is 0 Å². The number of allylic oxidation sites excluding steroid dienone is 9. The third kappa shape index (κ3) is 31.7. The fourth-order valence-electron chi connectivity index (χ4n) is 18.4. The van der Waals surface area contributed by atoms with E-state index in [-0.39, 0.29) is 54.7 Å². The Labute approximate surface area is 892 Å². The van der Waals surface area contributed by atoms with Crippen LogP contribution in [0.3, 0.4) is 0 Å². The normalized spacial score (nSPS) is 20.2. The van der Waals surface area contributed by atoms with Gasteiger partial charge in [0, 0.05) is 167 Å². The van der Waals surface area contributed by atoms with Crippen molar-refractivity contribution in [3.63, 3.8) is 0 Å². The minimum Gasteiger partial charge on any atom is -0.618 e. The molecule has 2 atom stereocenters. The van der Waals surface area contributed by atoms with Gasteiger partial charge in [0.2, 0.25) is 5.69 Å². The highest BCUT2D eigenvalue weighted by molar-refractivity contribution is 9.11. The maximum absolute atomic E-state index is 12.4. The van der Waals surface area contributed by atoms with Crippen molar-refractivity contribution < 1.29 is 52.2 Å². The number of morpholine rings is 1. The predicted octanol–water partition coefficient (Wildman–Crippen LogP) is 21.7. The molecular weight excluding hydrogens is 2220 g/mol. The summed E-state index contributed by atoms with van der Waals surface area (Å²) in [4.78, 5) is 76.6. The Morgan fingerprint density at radius 2 is 1.01 bits per heavy atom. The third-order valence-corrected chi connectivity index (χ3v) is 31.7. The lowest BCUT2D eigenvalue weighted by molar-refractivity contribution is -0.613. The first-order chi connectivity index (χ1) is 66.7. The minimum absolute atomic E-state index is 0. The van der Waals surface area contributed by atoms with Gasteiger partial charge in [0.1, 0.15) is 40.3 Å². The second kappa shape index (κ2) is 51.6. The first-order valence-corrected chi connectivity index (χ1v) is 54.5. The van der Waals surface area contributed by atoms with Gasteiger partial charge in [0.15, 0.2) is 6.20 Å². The van der Waals surface area contributed by atoms with Crippen LogP contribution in [0.1, 0.15) is 233 Å². The van der Waals surface area contributed by atoms with E-state index >= 15 is 0 Å². The number of hydrogen-bond donors (Lipinski definition) is 6. The molecule has 7 aliphatic heterocycles. The lowest BCUT2D eigenvalue weighted by Crippen LogP contribution is -2.45. The second-order valence-corrected chi connectivity index (χ2v) is 46.6. The van der Waals surface area contributed by atoms with Crippen molar-refractivity contribution in [2.45, 2.75) is 249 Å². The molecule has 141 heavy (non-hydrogen) atoms. The number of rotatable bonds is 8. The van der Waals surface area contributed by atoms with Gasteiger partial charge in [-0.25, -0.2) is 34.3 Å². The molecule has 0 aromatic carbocycles. The van der Waals surface area contributed by atoms with Crippen molar-refractivity contribution in [2.75, 3.05) is 115 Å². The number of likely N-dealkylation sites (tertiary alicyclic amines) is 1. The number of ketones is 1. The van der Waals surface area contributed by atoms with Gasteiger partial charge in [-0.1, -0.05) is 98.6 Å². The van der Waals surface area contributed by atoms with Crippen molar-refractivity contribution in [1.29, 1.82) is 0 Å². The molecule has 0 radical (unpaired) electrons. The number of fused-ring (bicyclic) bond motifs is 6. The van der Waals surface area contributed by atoms with Crippen LogP contribution in [0.25, 0.3) is 34.9 Å². The molecule has 6 aromatic heterocycles. The summed E-state index contributed by atoms with van der Waals surface area (Å²) in [5, 5.41) is 18.9. The maximum Gasteiger partial charge on any atom is 0.471 e. The molecular formula is C105H136BBr6ClN16O11S. The number of nitrogens with zero attached hydrogens (tertiary/aromatic N) is 10. The molecule has 15 aliphatic rings. The van der Waals surface area contributed by atoms with Crippen LogP contribution in [-0.4, -0.2) is 213 Å². The Morgan fingerprint density at radius 3 is 1.51 bits per heavy atom. The standard InChI is InChI=1S/C19H23BrN4O.C18H22BrN3O2.C15H28BNO3S.C13H14BrN3.C10H17NO3.C8H7BrN2.C8H6BrNO.C8H6BrN.C6H12O.ClH/c20-16-11-15-14(5-6-17(15)23-18(16)21)12-7-9-24(10-8-12)19(25)22-13-3-1-2-4-13;1-18(2,3)24-17(23)22-8-6-11(7-9-22)12-4-5-15-13(12)10-14(19)16(20)21-15;1-14(2)15(3,4)20-16(19-14)13-6-5-12(21-13)11-17-7-9-18-10-8-17;14-11-7-10-9(8-3-5-16-6-4-8)1-2-12(10)17-13(11)15;1-10(2,3)14-9(13)11-6-4-8(12)5-7-11;9-6-4-5-2-1-3-7(5)11-8(6)10;9-7-4-6-2-1-3-8(6)10(11)5-7;9-7-4-6-2-1-3-8(6)10-5-7;1-7-6-4-2-3-5-6;/h5,7,11,13H,1-4,6,8-10H2,(H2,21,23)(H,22,25);4,6,10H,5,7-9H2,1-3H3,(H2,20,21);12-13H,5-11H2,1-4H3;1,3,7,16H,2,4-6H2,(H2,15,17);4-7H2,1-3H3;1-2,4H,3H2,(H2,10,11);1-2,4-5H,3H2;1-2,4-5H,3H2;6H,2-5H2,1H3;1H. The van der Waals surface area contributed by atoms with Crippen LogP contribution in [-0.2, 0) is 71.6 Å². The zero-order chi connectivity index (χ0) is 100. The largest absolute Gasteiger partial charge is 0.618 e. The van der Waals surface area contributed by atoms with Crippen LogP contribution in [0, 0.1) is 5.21 Å². The van der Waals surface area contributed by atoms with Gasteiger partial charge in [-0.15, -0.1) is 12.4 Å². The van der Waals surface area contributed by atoms with E-state index in [2.05, 4.69) is 254 Å².